The van der Waals surface area contributed by atoms with Crippen molar-refractivity contribution in [2.75, 3.05) is 0 Å². The third-order valence-electron chi connectivity index (χ3n) is 1.51. The molecule has 0 aliphatic carbocycles. The van der Waals surface area contributed by atoms with Crippen molar-refractivity contribution >= 4 is 21.6 Å². The standard InChI is InChI=1S/C8H6BrN2O2/c1-10-5-6-2-3-7(9)4-8(6)11(12)13/h1-4H,5H2/q+1. The van der Waals surface area contributed by atoms with Gasteiger partial charge in [-0.05, 0) is 12.1 Å². The van der Waals surface area contributed by atoms with Gasteiger partial charge in [-0.1, -0.05) is 20.8 Å². The fraction of sp³-hybridized carbons (Fsp3) is 0.125. The summed E-state index contributed by atoms with van der Waals surface area (Å²) in [4.78, 5) is 13.5. The molecule has 66 valence electrons. The minimum Gasteiger partial charge on any atom is -0.258 e. The van der Waals surface area contributed by atoms with Crippen LogP contribution in [-0.2, 0) is 6.54 Å². The normalized spacial score (nSPS) is 9.23. The highest BCUT2D eigenvalue weighted by Crippen LogP contribution is 2.23. The molecule has 0 unspecified atom stereocenters. The zero-order valence-electron chi connectivity index (χ0n) is 6.61. The van der Waals surface area contributed by atoms with Crippen LogP contribution in [0.25, 0.3) is 4.85 Å². The Hall–Kier alpha value is -1.41. The van der Waals surface area contributed by atoms with E-state index in [1.54, 1.807) is 12.1 Å². The number of nitrogens with zero attached hydrogens (tertiary/aromatic N) is 2. The summed E-state index contributed by atoms with van der Waals surface area (Å²) < 4.78 is 0.667. The molecule has 0 saturated carbocycles. The lowest BCUT2D eigenvalue weighted by atomic mass is 10.2. The molecular weight excluding hydrogens is 236 g/mol. The van der Waals surface area contributed by atoms with Gasteiger partial charge in [-0.25, -0.2) is 0 Å². The Morgan fingerprint density at radius 2 is 2.31 bits per heavy atom. The summed E-state index contributed by atoms with van der Waals surface area (Å²) in [5.74, 6) is 0. The van der Waals surface area contributed by atoms with Gasteiger partial charge in [-0.15, -0.1) is 0 Å². The third kappa shape index (κ3) is 2.26. The highest BCUT2D eigenvalue weighted by molar-refractivity contribution is 9.10. The van der Waals surface area contributed by atoms with Crippen LogP contribution < -0.4 is 0 Å². The van der Waals surface area contributed by atoms with E-state index in [0.717, 1.165) is 0 Å². The Bertz CT molecular complexity index is 384. The molecule has 0 radical (unpaired) electrons. The summed E-state index contributed by atoms with van der Waals surface area (Å²) in [5.41, 5.74) is 0.541. The van der Waals surface area contributed by atoms with Crippen molar-refractivity contribution in [3.05, 3.63) is 43.2 Å². The van der Waals surface area contributed by atoms with Gasteiger partial charge < -0.3 is 0 Å². The first-order chi connectivity index (χ1) is 6.15. The minimum absolute atomic E-state index is 0.0311. The van der Waals surface area contributed by atoms with Gasteiger partial charge in [0.1, 0.15) is 5.56 Å². The van der Waals surface area contributed by atoms with Gasteiger partial charge in [0.15, 0.2) is 0 Å². The summed E-state index contributed by atoms with van der Waals surface area (Å²) in [6.07, 6.45) is 0. The molecule has 0 aliphatic rings. The molecule has 13 heavy (non-hydrogen) atoms. The molecule has 0 saturated heterocycles. The van der Waals surface area contributed by atoms with Crippen LogP contribution >= 0.6 is 15.9 Å². The van der Waals surface area contributed by atoms with Crippen LogP contribution in [0.5, 0.6) is 0 Å². The lowest BCUT2D eigenvalue weighted by molar-refractivity contribution is -0.385. The summed E-state index contributed by atoms with van der Waals surface area (Å²) in [6, 6.07) is 4.77. The van der Waals surface area contributed by atoms with Crippen molar-refractivity contribution in [1.82, 2.24) is 0 Å². The number of benzene rings is 1. The molecule has 0 amide bonds. The van der Waals surface area contributed by atoms with Gasteiger partial charge in [0.25, 0.3) is 18.8 Å². The van der Waals surface area contributed by atoms with Crippen LogP contribution in [0, 0.1) is 16.7 Å². The van der Waals surface area contributed by atoms with Crippen molar-refractivity contribution in [2.45, 2.75) is 6.54 Å². The zero-order chi connectivity index (χ0) is 9.84. The first-order valence-electron chi connectivity index (χ1n) is 3.44. The smallest absolute Gasteiger partial charge is 0.258 e. The van der Waals surface area contributed by atoms with E-state index in [4.69, 9.17) is 6.57 Å². The molecule has 0 heterocycles. The van der Waals surface area contributed by atoms with Crippen molar-refractivity contribution in [3.8, 4) is 6.57 Å². The topological polar surface area (TPSA) is 47.5 Å². The van der Waals surface area contributed by atoms with Crippen LogP contribution in [0.1, 0.15) is 5.56 Å². The Balaban J connectivity index is 3.20. The molecule has 0 spiro atoms. The van der Waals surface area contributed by atoms with Crippen molar-refractivity contribution in [2.24, 2.45) is 0 Å². The van der Waals surface area contributed by atoms with E-state index in [9.17, 15) is 10.1 Å². The van der Waals surface area contributed by atoms with E-state index in [-0.39, 0.29) is 12.2 Å². The summed E-state index contributed by atoms with van der Waals surface area (Å²) in [7, 11) is 0. The number of hydrogen-bond donors (Lipinski definition) is 0. The highest BCUT2D eigenvalue weighted by atomic mass is 79.9. The second-order valence-electron chi connectivity index (χ2n) is 2.37. The van der Waals surface area contributed by atoms with Gasteiger partial charge in [0.05, 0.1) is 4.92 Å². The van der Waals surface area contributed by atoms with Gasteiger partial charge in [-0.2, -0.15) is 0 Å². The van der Waals surface area contributed by atoms with E-state index in [0.29, 0.717) is 10.0 Å². The van der Waals surface area contributed by atoms with Crippen molar-refractivity contribution < 1.29 is 4.92 Å². The average Bonchev–Trinajstić information content (AvgIpc) is 2.08. The Morgan fingerprint density at radius 1 is 1.62 bits per heavy atom. The van der Waals surface area contributed by atoms with Crippen LogP contribution in [-0.4, -0.2) is 4.92 Å². The largest absolute Gasteiger partial charge is 0.294 e. The molecule has 5 heteroatoms. The first-order valence-corrected chi connectivity index (χ1v) is 4.24. The van der Waals surface area contributed by atoms with Crippen LogP contribution in [0.4, 0.5) is 5.69 Å². The second kappa shape index (κ2) is 4.01. The van der Waals surface area contributed by atoms with E-state index in [1.165, 1.54) is 6.07 Å². The van der Waals surface area contributed by atoms with E-state index >= 15 is 0 Å². The Kier molecular flexibility index (Phi) is 2.98. The highest BCUT2D eigenvalue weighted by Gasteiger charge is 2.16. The molecule has 1 aromatic rings. The molecule has 0 N–H and O–H groups in total. The Morgan fingerprint density at radius 3 is 2.85 bits per heavy atom. The van der Waals surface area contributed by atoms with Crippen molar-refractivity contribution in [3.63, 3.8) is 0 Å². The molecule has 0 bridgehead atoms. The Labute approximate surface area is 83.3 Å². The molecule has 0 aromatic heterocycles. The summed E-state index contributed by atoms with van der Waals surface area (Å²) in [6.45, 7) is 5.11. The number of hydrogen-bond acceptors (Lipinski definition) is 2. The number of nitro benzene ring substituents is 1. The molecule has 4 nitrogen and oxygen atoms in total. The maximum atomic E-state index is 10.6. The molecule has 1 rings (SSSR count). The average molecular weight is 242 g/mol. The third-order valence-corrected chi connectivity index (χ3v) is 2.00. The lowest BCUT2D eigenvalue weighted by Crippen LogP contribution is -1.93. The van der Waals surface area contributed by atoms with Gasteiger partial charge in [-0.3, -0.25) is 10.1 Å². The van der Waals surface area contributed by atoms with Crippen LogP contribution in [0.3, 0.4) is 0 Å². The van der Waals surface area contributed by atoms with E-state index in [2.05, 4.69) is 20.8 Å². The number of nitro groups is 1. The van der Waals surface area contributed by atoms with E-state index in [1.807, 2.05) is 0 Å². The molecule has 0 atom stereocenters. The lowest BCUT2D eigenvalue weighted by Gasteiger charge is -1.95. The van der Waals surface area contributed by atoms with Crippen LogP contribution in [0.15, 0.2) is 22.7 Å². The maximum Gasteiger partial charge on any atom is 0.294 e. The van der Waals surface area contributed by atoms with Gasteiger partial charge >= 0.3 is 0 Å². The molecule has 0 aliphatic heterocycles. The van der Waals surface area contributed by atoms with Gasteiger partial charge in [0, 0.05) is 10.5 Å². The van der Waals surface area contributed by atoms with Crippen molar-refractivity contribution in [1.29, 1.82) is 0 Å². The second-order valence-corrected chi connectivity index (χ2v) is 3.29. The predicted octanol–water partition coefficient (Wildman–Crippen LogP) is 2.82. The first kappa shape index (κ1) is 9.68. The molecular formula is C8H6BrN2O2+. The van der Waals surface area contributed by atoms with E-state index < -0.39 is 4.92 Å². The van der Waals surface area contributed by atoms with Crippen LogP contribution in [0.2, 0.25) is 0 Å². The van der Waals surface area contributed by atoms with Gasteiger partial charge in [0.2, 0.25) is 0 Å². The number of halogens is 1. The number of rotatable bonds is 2. The SMILES string of the molecule is C#[N+]Cc1ccc(Br)cc1[N+](=O)[O-]. The fourth-order valence-corrected chi connectivity index (χ4v) is 1.29. The monoisotopic (exact) mass is 241 g/mol. The molecule has 0 fully saturated rings. The quantitative estimate of drug-likeness (QED) is 0.591. The molecule has 1 aromatic carbocycles. The summed E-state index contributed by atoms with van der Waals surface area (Å²) in [5, 5.41) is 10.6. The predicted molar refractivity (Wildman–Crippen MR) is 52.8 cm³/mol. The maximum absolute atomic E-state index is 10.6. The minimum atomic E-state index is -0.453. The summed E-state index contributed by atoms with van der Waals surface area (Å²) >= 11 is 3.15. The fourth-order valence-electron chi connectivity index (χ4n) is 0.939. The zero-order valence-corrected chi connectivity index (χ0v) is 8.19.